The molecule has 0 fully saturated rings. The Kier molecular flexibility index (Phi) is 3.65. The lowest BCUT2D eigenvalue weighted by Crippen LogP contribution is -2.34. The molecule has 0 saturated carbocycles. The summed E-state index contributed by atoms with van der Waals surface area (Å²) in [4.78, 5) is 10.9. The minimum Gasteiger partial charge on any atom is -0.481 e. The predicted molar refractivity (Wildman–Crippen MR) is 54.9 cm³/mol. The predicted octanol–water partition coefficient (Wildman–Crippen LogP) is 1.28. The van der Waals surface area contributed by atoms with Crippen LogP contribution in [0.2, 0.25) is 0 Å². The quantitative estimate of drug-likeness (QED) is 0.757. The monoisotopic (exact) mass is 193 g/mol. The zero-order valence-corrected chi connectivity index (χ0v) is 8.18. The van der Waals surface area contributed by atoms with Crippen molar-refractivity contribution in [2.45, 2.75) is 19.4 Å². The smallest absolute Gasteiger partial charge is 0.308 e. The molecule has 76 valence electrons. The van der Waals surface area contributed by atoms with Gasteiger partial charge in [0.1, 0.15) is 0 Å². The Bertz CT molecular complexity index is 295. The van der Waals surface area contributed by atoms with E-state index < -0.39 is 11.9 Å². The normalized spacial score (nSPS) is 14.7. The van der Waals surface area contributed by atoms with Crippen LogP contribution >= 0.6 is 0 Å². The van der Waals surface area contributed by atoms with Gasteiger partial charge in [-0.1, -0.05) is 30.3 Å². The molecule has 1 aromatic rings. The van der Waals surface area contributed by atoms with Gasteiger partial charge in [-0.2, -0.15) is 0 Å². The number of aliphatic carboxylic acids is 1. The Morgan fingerprint density at radius 2 is 2.00 bits per heavy atom. The van der Waals surface area contributed by atoms with Crippen LogP contribution in [0, 0.1) is 5.92 Å². The maximum atomic E-state index is 10.9. The molecule has 0 spiro atoms. The van der Waals surface area contributed by atoms with Gasteiger partial charge in [0, 0.05) is 6.04 Å². The molecule has 0 aromatic heterocycles. The fourth-order valence-corrected chi connectivity index (χ4v) is 1.37. The molecule has 0 radical (unpaired) electrons. The van der Waals surface area contributed by atoms with Gasteiger partial charge in [0.25, 0.3) is 0 Å². The van der Waals surface area contributed by atoms with Crippen molar-refractivity contribution in [3.8, 4) is 0 Å². The van der Waals surface area contributed by atoms with Crippen LogP contribution in [0.15, 0.2) is 30.3 Å². The number of hydrogen-bond donors (Lipinski definition) is 2. The highest BCUT2D eigenvalue weighted by atomic mass is 16.4. The second-order valence-corrected chi connectivity index (χ2v) is 3.49. The Morgan fingerprint density at radius 1 is 1.43 bits per heavy atom. The molecule has 0 bridgehead atoms. The van der Waals surface area contributed by atoms with Gasteiger partial charge in [-0.15, -0.1) is 0 Å². The summed E-state index contributed by atoms with van der Waals surface area (Å²) in [5, 5.41) is 8.92. The molecule has 0 aliphatic rings. The summed E-state index contributed by atoms with van der Waals surface area (Å²) in [6, 6.07) is 9.21. The van der Waals surface area contributed by atoms with Crippen LogP contribution in [0.4, 0.5) is 0 Å². The highest BCUT2D eigenvalue weighted by Gasteiger charge is 2.21. The van der Waals surface area contributed by atoms with Gasteiger partial charge in [-0.3, -0.25) is 4.79 Å². The largest absolute Gasteiger partial charge is 0.481 e. The van der Waals surface area contributed by atoms with Crippen molar-refractivity contribution < 1.29 is 9.90 Å². The molecule has 0 amide bonds. The first-order valence-electron chi connectivity index (χ1n) is 4.63. The Labute approximate surface area is 83.6 Å². The topological polar surface area (TPSA) is 63.3 Å². The average molecular weight is 193 g/mol. The van der Waals surface area contributed by atoms with Crippen LogP contribution in [-0.2, 0) is 11.2 Å². The van der Waals surface area contributed by atoms with Gasteiger partial charge in [0.2, 0.25) is 0 Å². The van der Waals surface area contributed by atoms with Crippen molar-refractivity contribution in [2.24, 2.45) is 11.7 Å². The van der Waals surface area contributed by atoms with Crippen LogP contribution in [0.1, 0.15) is 12.5 Å². The molecule has 3 N–H and O–H groups in total. The number of nitrogens with two attached hydrogens (primary N) is 1. The lowest BCUT2D eigenvalue weighted by Gasteiger charge is -2.15. The fraction of sp³-hybridized carbons (Fsp3) is 0.364. The van der Waals surface area contributed by atoms with E-state index in [9.17, 15) is 4.79 Å². The molecule has 2 atom stereocenters. The molecular formula is C11H15NO2. The zero-order valence-electron chi connectivity index (χ0n) is 8.18. The summed E-state index contributed by atoms with van der Waals surface area (Å²) in [6.45, 7) is 1.72. The minimum atomic E-state index is -0.830. The van der Waals surface area contributed by atoms with Crippen molar-refractivity contribution in [2.75, 3.05) is 0 Å². The molecule has 2 unspecified atom stereocenters. The highest BCUT2D eigenvalue weighted by molar-refractivity contribution is 5.71. The van der Waals surface area contributed by atoms with Gasteiger partial charge >= 0.3 is 5.97 Å². The first-order chi connectivity index (χ1) is 6.61. The second kappa shape index (κ2) is 4.77. The van der Waals surface area contributed by atoms with Gasteiger partial charge < -0.3 is 10.8 Å². The van der Waals surface area contributed by atoms with E-state index in [1.807, 2.05) is 30.3 Å². The van der Waals surface area contributed by atoms with Crippen molar-refractivity contribution in [3.05, 3.63) is 35.9 Å². The molecule has 1 rings (SSSR count). The molecule has 1 aromatic carbocycles. The summed E-state index contributed by atoms with van der Waals surface area (Å²) in [5.74, 6) is -1.33. The molecule has 3 nitrogen and oxygen atoms in total. The standard InChI is InChI=1S/C11H15NO2/c1-8(12)10(11(13)14)7-9-5-3-2-4-6-9/h2-6,8,10H,7,12H2,1H3,(H,13,14). The van der Waals surface area contributed by atoms with Crippen molar-refractivity contribution in [1.29, 1.82) is 0 Å². The molecule has 3 heteroatoms. The van der Waals surface area contributed by atoms with Gasteiger partial charge in [-0.05, 0) is 18.9 Å². The van der Waals surface area contributed by atoms with E-state index in [1.165, 1.54) is 0 Å². The number of rotatable bonds is 4. The summed E-state index contributed by atoms with van der Waals surface area (Å²) in [5.41, 5.74) is 6.62. The third-order valence-electron chi connectivity index (χ3n) is 2.25. The minimum absolute atomic E-state index is 0.326. The van der Waals surface area contributed by atoms with Gasteiger partial charge in [-0.25, -0.2) is 0 Å². The lowest BCUT2D eigenvalue weighted by atomic mass is 9.94. The zero-order chi connectivity index (χ0) is 10.6. The second-order valence-electron chi connectivity index (χ2n) is 3.49. The average Bonchev–Trinajstić information content (AvgIpc) is 2.15. The molecular weight excluding hydrogens is 178 g/mol. The van der Waals surface area contributed by atoms with E-state index >= 15 is 0 Å². The number of carbonyl (C=O) groups is 1. The third kappa shape index (κ3) is 2.85. The van der Waals surface area contributed by atoms with E-state index in [2.05, 4.69) is 0 Å². The van der Waals surface area contributed by atoms with Crippen molar-refractivity contribution in [3.63, 3.8) is 0 Å². The molecule has 0 aliphatic carbocycles. The van der Waals surface area contributed by atoms with Crippen LogP contribution in [0.25, 0.3) is 0 Å². The maximum Gasteiger partial charge on any atom is 0.308 e. The molecule has 0 saturated heterocycles. The SMILES string of the molecule is CC(N)C(Cc1ccccc1)C(=O)O. The third-order valence-corrected chi connectivity index (χ3v) is 2.25. The molecule has 14 heavy (non-hydrogen) atoms. The number of carboxylic acids is 1. The summed E-state index contributed by atoms with van der Waals surface area (Å²) in [6.07, 6.45) is 0.494. The van der Waals surface area contributed by atoms with Crippen LogP contribution in [-0.4, -0.2) is 17.1 Å². The number of carboxylic acid groups (broad SMARTS) is 1. The van der Waals surface area contributed by atoms with E-state index in [0.717, 1.165) is 5.56 Å². The van der Waals surface area contributed by atoms with Crippen LogP contribution < -0.4 is 5.73 Å². The number of hydrogen-bond acceptors (Lipinski definition) is 2. The first kappa shape index (κ1) is 10.7. The van der Waals surface area contributed by atoms with E-state index in [1.54, 1.807) is 6.92 Å². The Balaban J connectivity index is 2.70. The van der Waals surface area contributed by atoms with E-state index in [4.69, 9.17) is 10.8 Å². The Morgan fingerprint density at radius 3 is 2.43 bits per heavy atom. The van der Waals surface area contributed by atoms with E-state index in [-0.39, 0.29) is 6.04 Å². The molecule has 0 aliphatic heterocycles. The van der Waals surface area contributed by atoms with Crippen LogP contribution in [0.3, 0.4) is 0 Å². The van der Waals surface area contributed by atoms with Crippen molar-refractivity contribution >= 4 is 5.97 Å². The summed E-state index contributed by atoms with van der Waals surface area (Å²) < 4.78 is 0. The fourth-order valence-electron chi connectivity index (χ4n) is 1.37. The summed E-state index contributed by atoms with van der Waals surface area (Å²) >= 11 is 0. The van der Waals surface area contributed by atoms with Crippen LogP contribution in [0.5, 0.6) is 0 Å². The van der Waals surface area contributed by atoms with Gasteiger partial charge in [0.15, 0.2) is 0 Å². The molecule has 0 heterocycles. The Hall–Kier alpha value is -1.35. The van der Waals surface area contributed by atoms with E-state index in [0.29, 0.717) is 6.42 Å². The highest BCUT2D eigenvalue weighted by Crippen LogP contribution is 2.11. The van der Waals surface area contributed by atoms with Gasteiger partial charge in [0.05, 0.1) is 5.92 Å². The number of benzene rings is 1. The summed E-state index contributed by atoms with van der Waals surface area (Å²) in [7, 11) is 0. The first-order valence-corrected chi connectivity index (χ1v) is 4.63. The maximum absolute atomic E-state index is 10.9. The van der Waals surface area contributed by atoms with Crippen molar-refractivity contribution in [1.82, 2.24) is 0 Å². The lowest BCUT2D eigenvalue weighted by molar-refractivity contribution is -0.142.